The summed E-state index contributed by atoms with van der Waals surface area (Å²) >= 11 is 0. The normalized spacial score (nSPS) is 20.2. The number of nitrogens with two attached hydrogens (primary N) is 1. The zero-order valence-corrected chi connectivity index (χ0v) is 10.9. The quantitative estimate of drug-likeness (QED) is 0.892. The van der Waals surface area contributed by atoms with Crippen molar-refractivity contribution >= 4 is 5.69 Å². The van der Waals surface area contributed by atoms with Gasteiger partial charge >= 0.3 is 0 Å². The summed E-state index contributed by atoms with van der Waals surface area (Å²) in [6.07, 6.45) is 2.31. The monoisotopic (exact) mass is 252 g/mol. The second-order valence-electron chi connectivity index (χ2n) is 4.93. The van der Waals surface area contributed by atoms with Crippen molar-refractivity contribution in [2.24, 2.45) is 11.7 Å². The van der Waals surface area contributed by atoms with Gasteiger partial charge in [-0.15, -0.1) is 0 Å². The highest BCUT2D eigenvalue weighted by atomic mass is 19.1. The number of ether oxygens (including phenoxy) is 1. The summed E-state index contributed by atoms with van der Waals surface area (Å²) in [6, 6.07) is 5.08. The Morgan fingerprint density at radius 2 is 2.28 bits per heavy atom. The van der Waals surface area contributed by atoms with Crippen LogP contribution < -0.4 is 10.6 Å². The minimum absolute atomic E-state index is 0.207. The number of methoxy groups -OCH3 is 1. The van der Waals surface area contributed by atoms with Gasteiger partial charge in [0.05, 0.1) is 6.61 Å². The molecule has 100 valence electrons. The maximum atomic E-state index is 13.5. The molecule has 1 aliphatic heterocycles. The van der Waals surface area contributed by atoms with Gasteiger partial charge in [-0.2, -0.15) is 0 Å². The first kappa shape index (κ1) is 13.3. The Balaban J connectivity index is 2.12. The van der Waals surface area contributed by atoms with Gasteiger partial charge in [-0.05, 0) is 42.5 Å². The number of benzene rings is 1. The molecular weight excluding hydrogens is 231 g/mol. The van der Waals surface area contributed by atoms with Crippen LogP contribution in [0.3, 0.4) is 0 Å². The Labute approximate surface area is 108 Å². The van der Waals surface area contributed by atoms with Crippen LogP contribution in [0.5, 0.6) is 0 Å². The highest BCUT2D eigenvalue weighted by Crippen LogP contribution is 2.25. The number of rotatable bonds is 4. The third-order valence-electron chi connectivity index (χ3n) is 3.46. The lowest BCUT2D eigenvalue weighted by atomic mass is 9.98. The average Bonchev–Trinajstić information content (AvgIpc) is 2.39. The van der Waals surface area contributed by atoms with Crippen molar-refractivity contribution in [1.29, 1.82) is 0 Å². The van der Waals surface area contributed by atoms with Gasteiger partial charge in [-0.1, -0.05) is 0 Å². The minimum Gasteiger partial charge on any atom is -0.384 e. The van der Waals surface area contributed by atoms with Crippen LogP contribution in [-0.4, -0.2) is 26.8 Å². The molecule has 1 atom stereocenters. The zero-order valence-electron chi connectivity index (χ0n) is 10.9. The molecule has 2 rings (SSSR count). The van der Waals surface area contributed by atoms with Gasteiger partial charge in [0.1, 0.15) is 5.82 Å². The molecular formula is C14H21FN2O. The second kappa shape index (κ2) is 6.16. The lowest BCUT2D eigenvalue weighted by Gasteiger charge is -2.34. The van der Waals surface area contributed by atoms with Gasteiger partial charge in [0, 0.05) is 32.4 Å². The second-order valence-corrected chi connectivity index (χ2v) is 4.93. The number of anilines is 1. The molecule has 0 aliphatic carbocycles. The fraction of sp³-hybridized carbons (Fsp3) is 0.571. The molecule has 0 amide bonds. The summed E-state index contributed by atoms with van der Waals surface area (Å²) in [5.74, 6) is 0.329. The van der Waals surface area contributed by atoms with Gasteiger partial charge in [-0.25, -0.2) is 4.39 Å². The summed E-state index contributed by atoms with van der Waals surface area (Å²) in [5, 5.41) is 0. The smallest absolute Gasteiger partial charge is 0.125 e. The third kappa shape index (κ3) is 3.21. The Kier molecular flexibility index (Phi) is 4.55. The van der Waals surface area contributed by atoms with Crippen molar-refractivity contribution in [2.75, 3.05) is 31.7 Å². The molecule has 1 unspecified atom stereocenters. The molecule has 4 heteroatoms. The summed E-state index contributed by atoms with van der Waals surface area (Å²) < 4.78 is 18.7. The van der Waals surface area contributed by atoms with E-state index in [9.17, 15) is 4.39 Å². The van der Waals surface area contributed by atoms with Gasteiger partial charge in [-0.3, -0.25) is 0 Å². The maximum Gasteiger partial charge on any atom is 0.125 e. The predicted octanol–water partition coefficient (Wildman–Crippen LogP) is 2.15. The molecule has 0 radical (unpaired) electrons. The summed E-state index contributed by atoms with van der Waals surface area (Å²) in [5.41, 5.74) is 7.37. The molecule has 0 aromatic heterocycles. The molecule has 3 nitrogen and oxygen atoms in total. The number of nitrogens with zero attached hydrogens (tertiary/aromatic N) is 1. The highest BCUT2D eigenvalue weighted by molar-refractivity contribution is 5.49. The van der Waals surface area contributed by atoms with Crippen molar-refractivity contribution in [3.63, 3.8) is 0 Å². The van der Waals surface area contributed by atoms with E-state index in [-0.39, 0.29) is 5.82 Å². The van der Waals surface area contributed by atoms with E-state index in [1.807, 2.05) is 6.07 Å². The van der Waals surface area contributed by atoms with Crippen LogP contribution >= 0.6 is 0 Å². The molecule has 0 spiro atoms. The van der Waals surface area contributed by atoms with Crippen LogP contribution in [0.2, 0.25) is 0 Å². The van der Waals surface area contributed by atoms with Crippen LogP contribution in [0, 0.1) is 11.7 Å². The third-order valence-corrected chi connectivity index (χ3v) is 3.46. The van der Waals surface area contributed by atoms with Gasteiger partial charge in [0.15, 0.2) is 0 Å². The fourth-order valence-electron chi connectivity index (χ4n) is 2.61. The molecule has 18 heavy (non-hydrogen) atoms. The van der Waals surface area contributed by atoms with Crippen LogP contribution in [-0.2, 0) is 11.3 Å². The van der Waals surface area contributed by atoms with E-state index in [1.165, 1.54) is 12.5 Å². The fourth-order valence-corrected chi connectivity index (χ4v) is 2.61. The van der Waals surface area contributed by atoms with Gasteiger partial charge < -0.3 is 15.4 Å². The van der Waals surface area contributed by atoms with Crippen molar-refractivity contribution < 1.29 is 9.13 Å². The Bertz CT molecular complexity index is 395. The standard InChI is InChI=1S/C14H21FN2O/c1-18-10-11-3-2-4-17(9-11)14-6-12(8-16)5-13(15)7-14/h5-7,11H,2-4,8-10,16H2,1H3. The molecule has 1 saturated heterocycles. The van der Waals surface area contributed by atoms with Crippen LogP contribution in [0.1, 0.15) is 18.4 Å². The molecule has 1 heterocycles. The van der Waals surface area contributed by atoms with Crippen molar-refractivity contribution in [2.45, 2.75) is 19.4 Å². The van der Waals surface area contributed by atoms with E-state index in [0.717, 1.165) is 37.4 Å². The Morgan fingerprint density at radius 3 is 3.00 bits per heavy atom. The molecule has 0 saturated carbocycles. The number of halogens is 1. The van der Waals surface area contributed by atoms with E-state index >= 15 is 0 Å². The Hall–Kier alpha value is -1.13. The molecule has 0 bridgehead atoms. The molecule has 1 aromatic rings. The summed E-state index contributed by atoms with van der Waals surface area (Å²) in [6.45, 7) is 3.06. The Morgan fingerprint density at radius 1 is 1.44 bits per heavy atom. The molecule has 1 fully saturated rings. The van der Waals surface area contributed by atoms with E-state index < -0.39 is 0 Å². The van der Waals surface area contributed by atoms with Gasteiger partial charge in [0.25, 0.3) is 0 Å². The van der Waals surface area contributed by atoms with E-state index in [4.69, 9.17) is 10.5 Å². The van der Waals surface area contributed by atoms with E-state index in [0.29, 0.717) is 12.5 Å². The number of hydrogen-bond acceptors (Lipinski definition) is 3. The lowest BCUT2D eigenvalue weighted by Crippen LogP contribution is -2.37. The number of hydrogen-bond donors (Lipinski definition) is 1. The van der Waals surface area contributed by atoms with Crippen LogP contribution in [0.15, 0.2) is 18.2 Å². The largest absolute Gasteiger partial charge is 0.384 e. The van der Waals surface area contributed by atoms with Crippen molar-refractivity contribution in [3.8, 4) is 0 Å². The molecule has 1 aromatic carbocycles. The van der Waals surface area contributed by atoms with Gasteiger partial charge in [0.2, 0.25) is 0 Å². The summed E-state index contributed by atoms with van der Waals surface area (Å²) in [7, 11) is 1.73. The first-order valence-electron chi connectivity index (χ1n) is 6.46. The van der Waals surface area contributed by atoms with E-state index in [2.05, 4.69) is 4.90 Å². The zero-order chi connectivity index (χ0) is 13.0. The lowest BCUT2D eigenvalue weighted by molar-refractivity contribution is 0.143. The molecule has 2 N–H and O–H groups in total. The van der Waals surface area contributed by atoms with Crippen molar-refractivity contribution in [1.82, 2.24) is 0 Å². The SMILES string of the molecule is COCC1CCCN(c2cc(F)cc(CN)c2)C1. The van der Waals surface area contributed by atoms with Crippen LogP contribution in [0.4, 0.5) is 10.1 Å². The van der Waals surface area contributed by atoms with E-state index in [1.54, 1.807) is 13.2 Å². The first-order valence-corrected chi connectivity index (χ1v) is 6.46. The maximum absolute atomic E-state index is 13.5. The molecule has 1 aliphatic rings. The first-order chi connectivity index (χ1) is 8.72. The predicted molar refractivity (Wildman–Crippen MR) is 71.1 cm³/mol. The topological polar surface area (TPSA) is 38.5 Å². The number of piperidine rings is 1. The highest BCUT2D eigenvalue weighted by Gasteiger charge is 2.20. The van der Waals surface area contributed by atoms with Crippen LogP contribution in [0.25, 0.3) is 0 Å². The van der Waals surface area contributed by atoms with Crippen molar-refractivity contribution in [3.05, 3.63) is 29.6 Å². The minimum atomic E-state index is -0.207. The average molecular weight is 252 g/mol. The summed E-state index contributed by atoms with van der Waals surface area (Å²) in [4.78, 5) is 2.23.